The van der Waals surface area contributed by atoms with Crippen molar-refractivity contribution in [1.82, 2.24) is 14.7 Å². The molecule has 1 aromatic carbocycles. The Morgan fingerprint density at radius 2 is 2.00 bits per heavy atom. The van der Waals surface area contributed by atoms with E-state index in [0.29, 0.717) is 10.7 Å². The highest BCUT2D eigenvalue weighted by Crippen LogP contribution is 2.14. The van der Waals surface area contributed by atoms with Gasteiger partial charge < -0.3 is 14.5 Å². The molecule has 0 aliphatic carbocycles. The second-order valence-electron chi connectivity index (χ2n) is 5.88. The molecule has 0 spiro atoms. The maximum atomic E-state index is 12.3. The van der Waals surface area contributed by atoms with Crippen LogP contribution < -0.4 is 5.32 Å². The van der Waals surface area contributed by atoms with Crippen LogP contribution in [0.15, 0.2) is 48.7 Å². The minimum Gasteiger partial charge on any atom is -0.448 e. The normalized spacial score (nSPS) is 12.0. The van der Waals surface area contributed by atoms with Gasteiger partial charge in [0.25, 0.3) is 5.91 Å². The van der Waals surface area contributed by atoms with Crippen molar-refractivity contribution in [2.24, 2.45) is 0 Å². The van der Waals surface area contributed by atoms with Gasteiger partial charge in [0.2, 0.25) is 0 Å². The second-order valence-corrected chi connectivity index (χ2v) is 6.29. The summed E-state index contributed by atoms with van der Waals surface area (Å²) in [6.07, 6.45) is 0.650. The number of rotatable bonds is 5. The summed E-state index contributed by atoms with van der Waals surface area (Å²) in [6.45, 7) is 3.68. The minimum absolute atomic E-state index is 0.157. The van der Waals surface area contributed by atoms with Crippen molar-refractivity contribution in [3.8, 4) is 0 Å². The first-order valence-corrected chi connectivity index (χ1v) is 8.50. The number of ether oxygens (including phenoxy) is 1. The average molecular weight is 372 g/mol. The third-order valence-electron chi connectivity index (χ3n) is 3.97. The summed E-state index contributed by atoms with van der Waals surface area (Å²) in [5.41, 5.74) is 2.54. The van der Waals surface area contributed by atoms with E-state index in [9.17, 15) is 9.59 Å². The van der Waals surface area contributed by atoms with Gasteiger partial charge in [-0.25, -0.2) is 9.78 Å². The SMILES string of the molecule is Cc1cccc2nc(C(=O)O[C@H](C)C(=O)NCc3ccccc3Cl)cn12. The molecule has 2 heterocycles. The fourth-order valence-corrected chi connectivity index (χ4v) is 2.69. The molecular weight excluding hydrogens is 354 g/mol. The van der Waals surface area contributed by atoms with Crippen molar-refractivity contribution in [2.75, 3.05) is 0 Å². The van der Waals surface area contributed by atoms with Crippen LogP contribution in [0.2, 0.25) is 5.02 Å². The smallest absolute Gasteiger partial charge is 0.359 e. The molecule has 3 aromatic rings. The number of nitrogens with one attached hydrogen (secondary N) is 1. The molecule has 134 valence electrons. The summed E-state index contributed by atoms with van der Waals surface area (Å²) < 4.78 is 7.02. The molecule has 0 radical (unpaired) electrons. The maximum absolute atomic E-state index is 12.3. The number of hydrogen-bond donors (Lipinski definition) is 1. The third kappa shape index (κ3) is 3.86. The van der Waals surface area contributed by atoms with Crippen LogP contribution in [0.5, 0.6) is 0 Å². The van der Waals surface area contributed by atoms with Crippen molar-refractivity contribution in [2.45, 2.75) is 26.5 Å². The number of aromatic nitrogens is 2. The molecule has 0 bridgehead atoms. The van der Waals surface area contributed by atoms with Crippen molar-refractivity contribution in [3.63, 3.8) is 0 Å². The second kappa shape index (κ2) is 7.58. The molecule has 1 amide bonds. The fraction of sp³-hybridized carbons (Fsp3) is 0.211. The first-order valence-electron chi connectivity index (χ1n) is 8.12. The molecule has 0 saturated carbocycles. The number of imidazole rings is 1. The molecular formula is C19H18ClN3O3. The van der Waals surface area contributed by atoms with Crippen LogP contribution in [0.25, 0.3) is 5.65 Å². The highest BCUT2D eigenvalue weighted by atomic mass is 35.5. The Labute approximate surface area is 155 Å². The van der Waals surface area contributed by atoms with Gasteiger partial charge >= 0.3 is 5.97 Å². The number of esters is 1. The van der Waals surface area contributed by atoms with Gasteiger partial charge in [-0.3, -0.25) is 4.79 Å². The van der Waals surface area contributed by atoms with E-state index < -0.39 is 18.0 Å². The van der Waals surface area contributed by atoms with E-state index in [1.807, 2.05) is 37.3 Å². The van der Waals surface area contributed by atoms with Crippen LogP contribution >= 0.6 is 11.6 Å². The van der Waals surface area contributed by atoms with Crippen LogP contribution in [-0.4, -0.2) is 27.4 Å². The zero-order valence-corrected chi connectivity index (χ0v) is 15.2. The summed E-state index contributed by atoms with van der Waals surface area (Å²) in [5.74, 6) is -1.05. The average Bonchev–Trinajstić information content (AvgIpc) is 3.06. The number of carbonyl (C=O) groups is 2. The van der Waals surface area contributed by atoms with Gasteiger partial charge in [0.1, 0.15) is 5.65 Å². The van der Waals surface area contributed by atoms with E-state index in [-0.39, 0.29) is 12.2 Å². The van der Waals surface area contributed by atoms with Crippen LogP contribution in [-0.2, 0) is 16.1 Å². The Morgan fingerprint density at radius 1 is 1.23 bits per heavy atom. The Kier molecular flexibility index (Phi) is 5.23. The monoisotopic (exact) mass is 371 g/mol. The zero-order chi connectivity index (χ0) is 18.7. The molecule has 0 aliphatic heterocycles. The van der Waals surface area contributed by atoms with Crippen molar-refractivity contribution >= 4 is 29.1 Å². The number of amides is 1. The summed E-state index contributed by atoms with van der Waals surface area (Å²) >= 11 is 6.06. The molecule has 0 fully saturated rings. The predicted octanol–water partition coefficient (Wildman–Crippen LogP) is 3.16. The van der Waals surface area contributed by atoms with Gasteiger partial charge in [-0.1, -0.05) is 35.9 Å². The Bertz CT molecular complexity index is 968. The predicted molar refractivity (Wildman–Crippen MR) is 98.1 cm³/mol. The molecule has 1 atom stereocenters. The maximum Gasteiger partial charge on any atom is 0.359 e. The zero-order valence-electron chi connectivity index (χ0n) is 14.4. The number of halogens is 1. The summed E-state index contributed by atoms with van der Waals surface area (Å²) in [6, 6.07) is 12.8. The lowest BCUT2D eigenvalue weighted by molar-refractivity contribution is -0.129. The van der Waals surface area contributed by atoms with E-state index in [4.69, 9.17) is 16.3 Å². The third-order valence-corrected chi connectivity index (χ3v) is 4.34. The molecule has 0 aliphatic rings. The molecule has 6 nitrogen and oxygen atoms in total. The van der Waals surface area contributed by atoms with E-state index in [1.54, 1.807) is 22.7 Å². The number of fused-ring (bicyclic) bond motifs is 1. The molecule has 7 heteroatoms. The Hall–Kier alpha value is -2.86. The molecule has 0 unspecified atom stereocenters. The highest BCUT2D eigenvalue weighted by molar-refractivity contribution is 6.31. The lowest BCUT2D eigenvalue weighted by atomic mass is 10.2. The van der Waals surface area contributed by atoms with Gasteiger partial charge in [0.05, 0.1) is 0 Å². The summed E-state index contributed by atoms with van der Waals surface area (Å²) in [4.78, 5) is 28.7. The lowest BCUT2D eigenvalue weighted by Crippen LogP contribution is -2.35. The lowest BCUT2D eigenvalue weighted by Gasteiger charge is -2.13. The molecule has 3 rings (SSSR count). The van der Waals surface area contributed by atoms with Gasteiger partial charge in [0.15, 0.2) is 11.8 Å². The van der Waals surface area contributed by atoms with Gasteiger partial charge in [-0.2, -0.15) is 0 Å². The highest BCUT2D eigenvalue weighted by Gasteiger charge is 2.21. The van der Waals surface area contributed by atoms with E-state index in [2.05, 4.69) is 10.3 Å². The van der Waals surface area contributed by atoms with Gasteiger partial charge in [0, 0.05) is 23.5 Å². The minimum atomic E-state index is -0.948. The molecule has 26 heavy (non-hydrogen) atoms. The van der Waals surface area contributed by atoms with Crippen molar-refractivity contribution in [1.29, 1.82) is 0 Å². The van der Waals surface area contributed by atoms with E-state index in [1.165, 1.54) is 6.92 Å². The number of pyridine rings is 1. The van der Waals surface area contributed by atoms with Crippen LogP contribution in [0.4, 0.5) is 0 Å². The fourth-order valence-electron chi connectivity index (χ4n) is 2.49. The molecule has 2 aromatic heterocycles. The molecule has 1 N–H and O–H groups in total. The van der Waals surface area contributed by atoms with Crippen LogP contribution in [0, 0.1) is 6.92 Å². The first-order chi connectivity index (χ1) is 12.5. The van der Waals surface area contributed by atoms with Gasteiger partial charge in [-0.05, 0) is 37.6 Å². The van der Waals surface area contributed by atoms with Crippen molar-refractivity contribution < 1.29 is 14.3 Å². The number of nitrogens with zero attached hydrogens (tertiary/aromatic N) is 2. The topological polar surface area (TPSA) is 72.7 Å². The van der Waals surface area contributed by atoms with E-state index >= 15 is 0 Å². The van der Waals surface area contributed by atoms with Crippen LogP contribution in [0.1, 0.15) is 28.7 Å². The number of carbonyl (C=O) groups excluding carboxylic acids is 2. The standard InChI is InChI=1S/C19H18ClN3O3/c1-12-6-5-9-17-22-16(11-23(12)17)19(25)26-13(2)18(24)21-10-14-7-3-4-8-15(14)20/h3-9,11,13H,10H2,1-2H3,(H,21,24)/t13-/m1/s1. The van der Waals surface area contributed by atoms with Crippen molar-refractivity contribution in [3.05, 3.63) is 70.6 Å². The summed E-state index contributed by atoms with van der Waals surface area (Å²) in [5, 5.41) is 3.27. The van der Waals surface area contributed by atoms with Gasteiger partial charge in [-0.15, -0.1) is 0 Å². The van der Waals surface area contributed by atoms with Crippen LogP contribution in [0.3, 0.4) is 0 Å². The quantitative estimate of drug-likeness (QED) is 0.699. The largest absolute Gasteiger partial charge is 0.448 e. The first kappa shape index (κ1) is 17.9. The summed E-state index contributed by atoms with van der Waals surface area (Å²) in [7, 11) is 0. The Morgan fingerprint density at radius 3 is 2.73 bits per heavy atom. The number of aryl methyl sites for hydroxylation is 1. The number of benzene rings is 1. The molecule has 0 saturated heterocycles. The Balaban J connectivity index is 1.61. The van der Waals surface area contributed by atoms with E-state index in [0.717, 1.165) is 11.3 Å². The number of hydrogen-bond acceptors (Lipinski definition) is 4.